The summed E-state index contributed by atoms with van der Waals surface area (Å²) in [4.78, 5) is 20.1. The molecule has 0 atom stereocenters. The van der Waals surface area contributed by atoms with E-state index < -0.39 is 11.8 Å². The number of hydrogen-bond donors (Lipinski definition) is 3. The first-order chi connectivity index (χ1) is 18.8. The molecule has 0 aromatic carbocycles. The minimum atomic E-state index is -1.15. The van der Waals surface area contributed by atoms with Gasteiger partial charge < -0.3 is 16.0 Å². The van der Waals surface area contributed by atoms with E-state index in [4.69, 9.17) is 4.98 Å². The van der Waals surface area contributed by atoms with Gasteiger partial charge in [-0.2, -0.15) is 9.37 Å². The summed E-state index contributed by atoms with van der Waals surface area (Å²) >= 11 is 0. The highest BCUT2D eigenvalue weighted by Gasteiger charge is 2.30. The minimum absolute atomic E-state index is 0.211. The maximum atomic E-state index is 13.8. The van der Waals surface area contributed by atoms with Crippen molar-refractivity contribution in [2.75, 3.05) is 43.9 Å². The van der Waals surface area contributed by atoms with Gasteiger partial charge in [0.25, 0.3) is 5.95 Å². The van der Waals surface area contributed by atoms with Gasteiger partial charge in [0.15, 0.2) is 5.82 Å². The van der Waals surface area contributed by atoms with Crippen molar-refractivity contribution in [3.63, 3.8) is 0 Å². The van der Waals surface area contributed by atoms with Gasteiger partial charge in [0, 0.05) is 57.7 Å². The Bertz CT molecular complexity index is 1360. The Morgan fingerprint density at radius 2 is 1.95 bits per heavy atom. The van der Waals surface area contributed by atoms with Crippen LogP contribution in [0.3, 0.4) is 0 Å². The Kier molecular flexibility index (Phi) is 8.13. The predicted octanol–water partition coefficient (Wildman–Crippen LogP) is 5.10. The third-order valence-electron chi connectivity index (χ3n) is 7.28. The molecule has 0 radical (unpaired) electrons. The highest BCUT2D eigenvalue weighted by atomic mass is 19.2. The second-order valence-corrected chi connectivity index (χ2v) is 10.6. The van der Waals surface area contributed by atoms with Crippen LogP contribution in [0.5, 0.6) is 0 Å². The number of aromatic nitrogens is 3. The van der Waals surface area contributed by atoms with Crippen molar-refractivity contribution >= 4 is 23.2 Å². The molecule has 2 fully saturated rings. The molecular formula is C29H36F2N8. The largest absolute Gasteiger partial charge is 0.338 e. The van der Waals surface area contributed by atoms with Gasteiger partial charge >= 0.3 is 0 Å². The van der Waals surface area contributed by atoms with Crippen molar-refractivity contribution in [2.24, 2.45) is 4.99 Å². The summed E-state index contributed by atoms with van der Waals surface area (Å²) in [6.07, 6.45) is 6.14. The van der Waals surface area contributed by atoms with Crippen molar-refractivity contribution in [3.8, 4) is 0 Å². The molecule has 5 rings (SSSR count). The van der Waals surface area contributed by atoms with E-state index >= 15 is 0 Å². The van der Waals surface area contributed by atoms with Gasteiger partial charge in [-0.3, -0.25) is 14.9 Å². The number of piperazine rings is 1. The number of rotatable bonds is 8. The minimum Gasteiger partial charge on any atom is -0.338 e. The Labute approximate surface area is 228 Å². The molecule has 8 nitrogen and oxygen atoms in total. The van der Waals surface area contributed by atoms with E-state index in [-0.39, 0.29) is 11.7 Å². The summed E-state index contributed by atoms with van der Waals surface area (Å²) < 4.78 is 27.3. The number of aryl methyl sites for hydroxylation is 1. The first-order valence-corrected chi connectivity index (χ1v) is 13.6. The lowest BCUT2D eigenvalue weighted by Crippen LogP contribution is -2.43. The topological polar surface area (TPSA) is 90.4 Å². The first kappa shape index (κ1) is 27.1. The van der Waals surface area contributed by atoms with Crippen LogP contribution in [0.2, 0.25) is 0 Å². The highest BCUT2D eigenvalue weighted by molar-refractivity contribution is 6.09. The number of halogens is 2. The number of amidine groups is 1. The molecule has 0 amide bonds. The molecule has 1 aliphatic carbocycles. The predicted molar refractivity (Wildman–Crippen MR) is 151 cm³/mol. The van der Waals surface area contributed by atoms with E-state index in [1.165, 1.54) is 24.0 Å². The van der Waals surface area contributed by atoms with E-state index in [9.17, 15) is 8.78 Å². The van der Waals surface area contributed by atoms with Crippen molar-refractivity contribution in [1.29, 1.82) is 0 Å². The molecule has 39 heavy (non-hydrogen) atoms. The van der Waals surface area contributed by atoms with Crippen molar-refractivity contribution < 1.29 is 8.78 Å². The van der Waals surface area contributed by atoms with Crippen LogP contribution in [-0.2, 0) is 6.54 Å². The van der Waals surface area contributed by atoms with Crippen molar-refractivity contribution in [1.82, 2.24) is 25.2 Å². The molecule has 10 heteroatoms. The van der Waals surface area contributed by atoms with E-state index in [0.717, 1.165) is 55.7 Å². The van der Waals surface area contributed by atoms with E-state index in [1.54, 1.807) is 20.2 Å². The second-order valence-electron chi connectivity index (χ2n) is 10.6. The zero-order chi connectivity index (χ0) is 27.5. The molecule has 3 aromatic rings. The quantitative estimate of drug-likeness (QED) is 0.211. The average molecular weight is 535 g/mol. The van der Waals surface area contributed by atoms with Crippen LogP contribution >= 0.6 is 0 Å². The average Bonchev–Trinajstić information content (AvgIpc) is 3.77. The number of pyridine rings is 3. The number of aliphatic imine (C=N–C) groups is 1. The monoisotopic (exact) mass is 534 g/mol. The molecule has 2 aliphatic rings. The lowest BCUT2D eigenvalue weighted by atomic mass is 9.97. The fraction of sp³-hybridized carbons (Fsp3) is 0.448. The van der Waals surface area contributed by atoms with Gasteiger partial charge in [0.05, 0.1) is 11.4 Å². The van der Waals surface area contributed by atoms with Crippen LogP contribution in [0.4, 0.5) is 26.1 Å². The smallest absolute Gasteiger partial charge is 0.250 e. The normalized spacial score (nSPS) is 16.5. The fourth-order valence-electron chi connectivity index (χ4n) is 4.99. The molecule has 206 valence electrons. The molecular weight excluding hydrogens is 498 g/mol. The second kappa shape index (κ2) is 11.7. The van der Waals surface area contributed by atoms with Gasteiger partial charge in [-0.15, -0.1) is 0 Å². The van der Waals surface area contributed by atoms with E-state index in [2.05, 4.69) is 55.9 Å². The van der Waals surface area contributed by atoms with Gasteiger partial charge in [-0.05, 0) is 66.5 Å². The van der Waals surface area contributed by atoms with E-state index in [1.807, 2.05) is 12.1 Å². The lowest BCUT2D eigenvalue weighted by molar-refractivity contribution is 0.233. The molecule has 1 saturated carbocycles. The van der Waals surface area contributed by atoms with Crippen LogP contribution < -0.4 is 16.0 Å². The Morgan fingerprint density at radius 3 is 2.64 bits per heavy atom. The summed E-state index contributed by atoms with van der Waals surface area (Å²) in [6.45, 7) is 10.8. The summed E-state index contributed by atoms with van der Waals surface area (Å²) in [6, 6.07) is 4.80. The molecule has 3 N–H and O–H groups in total. The molecule has 4 heterocycles. The molecule has 1 aliphatic heterocycles. The Balaban J connectivity index is 1.48. The van der Waals surface area contributed by atoms with Crippen LogP contribution in [-0.4, -0.2) is 58.9 Å². The SMILES string of the molecule is CN=C(Nc1c(C(C)C)ncc(C2CC2)c1CN1CCNCC1)c1ccnc(Nc2nc(F)c(F)cc2C)c1. The molecule has 0 spiro atoms. The summed E-state index contributed by atoms with van der Waals surface area (Å²) in [7, 11) is 1.75. The number of anilines is 3. The van der Waals surface area contributed by atoms with Crippen LogP contribution in [0.15, 0.2) is 35.6 Å². The van der Waals surface area contributed by atoms with E-state index in [0.29, 0.717) is 23.1 Å². The third-order valence-corrected chi connectivity index (χ3v) is 7.28. The zero-order valence-corrected chi connectivity index (χ0v) is 23.0. The number of hydrogen-bond acceptors (Lipinski definition) is 7. The van der Waals surface area contributed by atoms with Crippen molar-refractivity contribution in [3.05, 3.63) is 70.3 Å². The maximum Gasteiger partial charge on any atom is 0.250 e. The maximum absolute atomic E-state index is 13.8. The van der Waals surface area contributed by atoms with Crippen LogP contribution in [0.1, 0.15) is 66.5 Å². The lowest BCUT2D eigenvalue weighted by Gasteiger charge is -2.30. The van der Waals surface area contributed by atoms with Gasteiger partial charge in [-0.25, -0.2) is 9.37 Å². The highest BCUT2D eigenvalue weighted by Crippen LogP contribution is 2.44. The zero-order valence-electron chi connectivity index (χ0n) is 23.0. The van der Waals surface area contributed by atoms with Gasteiger partial charge in [0.2, 0.25) is 0 Å². The fourth-order valence-corrected chi connectivity index (χ4v) is 4.99. The standard InChI is InChI=1S/C29H36F2N8/c1-17(2)25-26(22(16-39-11-9-33-10-12-39)21(15-35-25)19-5-6-19)37-29(32-4)20-7-8-34-24(14-20)36-28-18(3)13-23(30)27(31)38-28/h7-8,13-15,17,19,33H,5-6,9-12,16H2,1-4H3,(H,32,37)(H,34,36,38). The van der Waals surface area contributed by atoms with Crippen LogP contribution in [0, 0.1) is 18.7 Å². The molecule has 0 unspecified atom stereocenters. The Hall–Kier alpha value is -3.50. The van der Waals surface area contributed by atoms with Crippen molar-refractivity contribution in [2.45, 2.75) is 52.0 Å². The molecule has 1 saturated heterocycles. The van der Waals surface area contributed by atoms with Gasteiger partial charge in [-0.1, -0.05) is 13.8 Å². The number of nitrogens with zero attached hydrogens (tertiary/aromatic N) is 5. The summed E-state index contributed by atoms with van der Waals surface area (Å²) in [5, 5.41) is 10.1. The van der Waals surface area contributed by atoms with Gasteiger partial charge in [0.1, 0.15) is 17.5 Å². The Morgan fingerprint density at radius 1 is 1.18 bits per heavy atom. The summed E-state index contributed by atoms with van der Waals surface area (Å²) in [5.74, 6) is -0.0219. The third kappa shape index (κ3) is 6.23. The number of nitrogens with one attached hydrogen (secondary N) is 3. The molecule has 3 aromatic heterocycles. The van der Waals surface area contributed by atoms with Crippen LogP contribution in [0.25, 0.3) is 0 Å². The molecule has 0 bridgehead atoms. The first-order valence-electron chi connectivity index (χ1n) is 13.6. The summed E-state index contributed by atoms with van der Waals surface area (Å²) in [5.41, 5.74) is 5.94.